The van der Waals surface area contributed by atoms with E-state index in [4.69, 9.17) is 5.26 Å². The second-order valence-electron chi connectivity index (χ2n) is 3.00. The fourth-order valence-corrected chi connectivity index (χ4v) is 1.19. The van der Waals surface area contributed by atoms with Crippen LogP contribution >= 0.6 is 0 Å². The molecule has 0 aliphatic rings. The van der Waals surface area contributed by atoms with E-state index in [0.29, 0.717) is 0 Å². The predicted molar refractivity (Wildman–Crippen MR) is 50.0 cm³/mol. The van der Waals surface area contributed by atoms with Crippen molar-refractivity contribution in [1.82, 2.24) is 4.98 Å². The van der Waals surface area contributed by atoms with Gasteiger partial charge in [-0.15, -0.1) is 0 Å². The van der Waals surface area contributed by atoms with Crippen LogP contribution in [-0.2, 0) is 4.74 Å². The first-order valence-corrected chi connectivity index (χ1v) is 4.29. The number of aromatic nitrogens is 1. The number of nitriles is 1. The summed E-state index contributed by atoms with van der Waals surface area (Å²) in [7, 11) is 1.15. The normalized spacial score (nSPS) is 10.0. The second-order valence-corrected chi connectivity index (χ2v) is 3.00. The van der Waals surface area contributed by atoms with Crippen LogP contribution in [0.15, 0.2) is 6.07 Å². The predicted octanol–water partition coefficient (Wildman–Crippen LogP) is 1.99. The number of alkyl halides is 2. The molecule has 1 rings (SSSR count). The van der Waals surface area contributed by atoms with Gasteiger partial charge in [0.25, 0.3) is 6.43 Å². The molecule has 0 aliphatic carbocycles. The Morgan fingerprint density at radius 2 is 2.25 bits per heavy atom. The maximum atomic E-state index is 12.5. The number of carbonyl (C=O) groups excluding carboxylic acids is 1. The van der Waals surface area contributed by atoms with Gasteiger partial charge in [-0.3, -0.25) is 0 Å². The van der Waals surface area contributed by atoms with Gasteiger partial charge in [0, 0.05) is 0 Å². The van der Waals surface area contributed by atoms with E-state index in [2.05, 4.69) is 9.72 Å². The smallest absolute Gasteiger partial charge is 0.356 e. The van der Waals surface area contributed by atoms with Crippen molar-refractivity contribution in [2.75, 3.05) is 7.11 Å². The topological polar surface area (TPSA) is 63.0 Å². The van der Waals surface area contributed by atoms with Crippen molar-refractivity contribution in [3.8, 4) is 6.07 Å². The van der Waals surface area contributed by atoms with Crippen molar-refractivity contribution >= 4 is 5.97 Å². The molecule has 0 saturated heterocycles. The Morgan fingerprint density at radius 1 is 1.62 bits per heavy atom. The summed E-state index contributed by atoms with van der Waals surface area (Å²) >= 11 is 0. The molecule has 0 radical (unpaired) electrons. The largest absolute Gasteiger partial charge is 0.464 e. The third-order valence-corrected chi connectivity index (χ3v) is 1.96. The molecule has 1 aromatic rings. The van der Waals surface area contributed by atoms with E-state index < -0.39 is 23.7 Å². The number of aryl methyl sites for hydroxylation is 1. The number of ether oxygens (including phenoxy) is 1. The zero-order valence-electron chi connectivity index (χ0n) is 8.62. The summed E-state index contributed by atoms with van der Waals surface area (Å²) in [5.74, 6) is -0.755. The highest BCUT2D eigenvalue weighted by atomic mass is 19.3. The van der Waals surface area contributed by atoms with E-state index in [1.54, 1.807) is 0 Å². The van der Waals surface area contributed by atoms with Gasteiger partial charge in [0.1, 0.15) is 11.8 Å². The first-order chi connectivity index (χ1) is 7.51. The van der Waals surface area contributed by atoms with E-state index in [1.807, 2.05) is 0 Å². The van der Waals surface area contributed by atoms with Gasteiger partial charge < -0.3 is 4.74 Å². The lowest BCUT2D eigenvalue weighted by Crippen LogP contribution is -2.10. The fourth-order valence-electron chi connectivity index (χ4n) is 1.19. The Bertz CT molecular complexity index is 467. The lowest BCUT2D eigenvalue weighted by atomic mass is 10.1. The maximum Gasteiger partial charge on any atom is 0.356 e. The molecule has 0 unspecified atom stereocenters. The third-order valence-electron chi connectivity index (χ3n) is 1.96. The lowest BCUT2D eigenvalue weighted by molar-refractivity contribution is 0.0592. The van der Waals surface area contributed by atoms with Crippen LogP contribution in [0.4, 0.5) is 8.78 Å². The minimum Gasteiger partial charge on any atom is -0.464 e. The van der Waals surface area contributed by atoms with Gasteiger partial charge in [-0.25, -0.2) is 18.6 Å². The highest BCUT2D eigenvalue weighted by Crippen LogP contribution is 2.23. The standard InChI is InChI=1S/C10H8F2N2O2/c1-5-3-6(9(11)12)7(4-13)14-8(5)10(15)16-2/h3,9H,1-2H3. The summed E-state index contributed by atoms with van der Waals surface area (Å²) in [5.41, 5.74) is -0.807. The third kappa shape index (κ3) is 2.14. The average molecular weight is 226 g/mol. The van der Waals surface area contributed by atoms with Crippen molar-refractivity contribution in [1.29, 1.82) is 5.26 Å². The quantitative estimate of drug-likeness (QED) is 0.723. The number of hydrogen-bond acceptors (Lipinski definition) is 4. The number of hydrogen-bond donors (Lipinski definition) is 0. The van der Waals surface area contributed by atoms with Gasteiger partial charge in [0.15, 0.2) is 5.69 Å². The highest BCUT2D eigenvalue weighted by Gasteiger charge is 2.20. The van der Waals surface area contributed by atoms with Gasteiger partial charge in [0.2, 0.25) is 0 Å². The van der Waals surface area contributed by atoms with Gasteiger partial charge in [-0.1, -0.05) is 0 Å². The first-order valence-electron chi connectivity index (χ1n) is 4.29. The highest BCUT2D eigenvalue weighted by molar-refractivity contribution is 5.89. The Balaban J connectivity index is 3.38. The fraction of sp³-hybridized carbons (Fsp3) is 0.300. The molecular weight excluding hydrogens is 218 g/mol. The minimum absolute atomic E-state index is 0.122. The molecule has 1 heterocycles. The van der Waals surface area contributed by atoms with Crippen molar-refractivity contribution in [2.24, 2.45) is 0 Å². The molecule has 0 aliphatic heterocycles. The molecular formula is C10H8F2N2O2. The van der Waals surface area contributed by atoms with Gasteiger partial charge >= 0.3 is 5.97 Å². The van der Waals surface area contributed by atoms with E-state index in [-0.39, 0.29) is 11.3 Å². The van der Waals surface area contributed by atoms with Crippen molar-refractivity contribution in [3.05, 3.63) is 28.6 Å². The monoisotopic (exact) mass is 226 g/mol. The van der Waals surface area contributed by atoms with Crippen LogP contribution in [0.25, 0.3) is 0 Å². The van der Waals surface area contributed by atoms with Crippen molar-refractivity contribution < 1.29 is 18.3 Å². The zero-order chi connectivity index (χ0) is 12.3. The molecule has 4 nitrogen and oxygen atoms in total. The van der Waals surface area contributed by atoms with Gasteiger partial charge in [-0.05, 0) is 18.6 Å². The summed E-state index contributed by atoms with van der Waals surface area (Å²) in [6.07, 6.45) is -2.80. The van der Waals surface area contributed by atoms with Crippen LogP contribution < -0.4 is 0 Å². The molecule has 16 heavy (non-hydrogen) atoms. The second kappa shape index (κ2) is 4.66. The van der Waals surface area contributed by atoms with E-state index in [9.17, 15) is 13.6 Å². The average Bonchev–Trinajstić information content (AvgIpc) is 2.27. The molecule has 84 valence electrons. The Kier molecular flexibility index (Phi) is 3.51. The molecule has 1 aromatic heterocycles. The summed E-state index contributed by atoms with van der Waals surface area (Å²) in [6.45, 7) is 1.45. The van der Waals surface area contributed by atoms with Crippen molar-refractivity contribution in [3.63, 3.8) is 0 Å². The molecule has 0 amide bonds. The maximum absolute atomic E-state index is 12.5. The first kappa shape index (κ1) is 12.0. The Morgan fingerprint density at radius 3 is 2.69 bits per heavy atom. The molecule has 0 bridgehead atoms. The molecule has 0 fully saturated rings. The van der Waals surface area contributed by atoms with E-state index >= 15 is 0 Å². The number of methoxy groups -OCH3 is 1. The van der Waals surface area contributed by atoms with Crippen LogP contribution in [0.2, 0.25) is 0 Å². The summed E-state index contributed by atoms with van der Waals surface area (Å²) in [5, 5.41) is 8.64. The molecule has 0 atom stereocenters. The Labute approximate surface area is 90.5 Å². The van der Waals surface area contributed by atoms with Crippen LogP contribution in [-0.4, -0.2) is 18.1 Å². The van der Waals surface area contributed by atoms with Crippen LogP contribution in [0.1, 0.15) is 33.7 Å². The van der Waals surface area contributed by atoms with Crippen LogP contribution in [0.5, 0.6) is 0 Å². The molecule has 0 saturated carbocycles. The van der Waals surface area contributed by atoms with E-state index in [0.717, 1.165) is 13.2 Å². The number of esters is 1. The number of rotatable bonds is 2. The van der Waals surface area contributed by atoms with Crippen molar-refractivity contribution in [2.45, 2.75) is 13.3 Å². The van der Waals surface area contributed by atoms with Gasteiger partial charge in [0.05, 0.1) is 12.7 Å². The minimum atomic E-state index is -2.80. The van der Waals surface area contributed by atoms with Crippen LogP contribution in [0, 0.1) is 18.3 Å². The SMILES string of the molecule is COC(=O)c1nc(C#N)c(C(F)F)cc1C. The number of pyridine rings is 1. The lowest BCUT2D eigenvalue weighted by Gasteiger charge is -2.07. The summed E-state index contributed by atoms with van der Waals surface area (Å²) in [4.78, 5) is 14.8. The number of halogens is 2. The van der Waals surface area contributed by atoms with E-state index in [1.165, 1.54) is 13.0 Å². The van der Waals surface area contributed by atoms with Crippen LogP contribution in [0.3, 0.4) is 0 Å². The summed E-state index contributed by atoms with van der Waals surface area (Å²) < 4.78 is 29.4. The molecule has 6 heteroatoms. The summed E-state index contributed by atoms with van der Waals surface area (Å²) in [6, 6.07) is 2.60. The molecule has 0 aromatic carbocycles. The van der Waals surface area contributed by atoms with Gasteiger partial charge in [-0.2, -0.15) is 5.26 Å². The Hall–Kier alpha value is -2.03. The molecule has 0 N–H and O–H groups in total. The zero-order valence-corrected chi connectivity index (χ0v) is 8.62. The number of nitrogens with zero attached hydrogens (tertiary/aromatic N) is 2. The molecule has 0 spiro atoms. The number of carbonyl (C=O) groups is 1.